The first-order valence-corrected chi connectivity index (χ1v) is 7.30. The number of hydrogen-bond donors (Lipinski definition) is 1. The number of carboxylic acids is 1. The Morgan fingerprint density at radius 2 is 2.06 bits per heavy atom. The molecule has 1 saturated carbocycles. The molecule has 1 aliphatic heterocycles. The normalized spacial score (nSPS) is 32.9. The van der Waals surface area contributed by atoms with Gasteiger partial charge in [0.15, 0.2) is 0 Å². The lowest BCUT2D eigenvalue weighted by Gasteiger charge is -2.38. The minimum absolute atomic E-state index is 0.180. The average Bonchev–Trinajstić information content (AvgIpc) is 2.88. The van der Waals surface area contributed by atoms with Gasteiger partial charge in [0.05, 0.1) is 12.0 Å². The molecule has 104 valence electrons. The van der Waals surface area contributed by atoms with Crippen molar-refractivity contribution in [3.05, 3.63) is 0 Å². The zero-order chi connectivity index (χ0) is 13.0. The van der Waals surface area contributed by atoms with Gasteiger partial charge in [0.1, 0.15) is 0 Å². The summed E-state index contributed by atoms with van der Waals surface area (Å²) in [6.45, 7) is 4.83. The smallest absolute Gasteiger partial charge is 0.308 e. The quantitative estimate of drug-likeness (QED) is 0.817. The molecule has 4 nitrogen and oxygen atoms in total. The van der Waals surface area contributed by atoms with E-state index in [1.54, 1.807) is 0 Å². The van der Waals surface area contributed by atoms with Crippen LogP contribution in [-0.4, -0.2) is 47.8 Å². The van der Waals surface area contributed by atoms with Gasteiger partial charge in [-0.05, 0) is 32.2 Å². The molecule has 2 fully saturated rings. The number of likely N-dealkylation sites (N-methyl/N-ethyl adjacent to an activating group) is 1. The summed E-state index contributed by atoms with van der Waals surface area (Å²) in [6, 6.07) is 0.213. The molecule has 0 bridgehead atoms. The van der Waals surface area contributed by atoms with Crippen molar-refractivity contribution in [2.75, 3.05) is 19.7 Å². The summed E-state index contributed by atoms with van der Waals surface area (Å²) in [4.78, 5) is 13.7. The number of carboxylic acid groups (broad SMARTS) is 1. The summed E-state index contributed by atoms with van der Waals surface area (Å²) >= 11 is 0. The molecular formula is C14H25NO3. The first-order valence-electron chi connectivity index (χ1n) is 7.30. The van der Waals surface area contributed by atoms with Gasteiger partial charge in [-0.1, -0.05) is 19.8 Å². The molecule has 0 spiro atoms. The number of nitrogens with zero attached hydrogens (tertiary/aromatic N) is 1. The molecular weight excluding hydrogens is 230 g/mol. The number of rotatable bonds is 5. The second-order valence-electron chi connectivity index (χ2n) is 5.52. The molecule has 4 heteroatoms. The maximum atomic E-state index is 11.4. The summed E-state index contributed by atoms with van der Waals surface area (Å²) in [5, 5.41) is 9.36. The van der Waals surface area contributed by atoms with Gasteiger partial charge >= 0.3 is 5.97 Å². The van der Waals surface area contributed by atoms with Crippen LogP contribution in [0.5, 0.6) is 0 Å². The summed E-state index contributed by atoms with van der Waals surface area (Å²) in [5.41, 5.74) is 0. The standard InChI is InChI=1S/C14H25NO3/c1-2-15(10-11-6-5-9-18-11)13-8-4-3-7-12(13)14(16)17/h11-13H,2-10H2,1H3,(H,16,17). The molecule has 1 aliphatic carbocycles. The average molecular weight is 255 g/mol. The highest BCUT2D eigenvalue weighted by Gasteiger charge is 2.35. The lowest BCUT2D eigenvalue weighted by molar-refractivity contribution is -0.146. The first-order chi connectivity index (χ1) is 8.72. The van der Waals surface area contributed by atoms with Crippen molar-refractivity contribution in [2.24, 2.45) is 5.92 Å². The highest BCUT2D eigenvalue weighted by Crippen LogP contribution is 2.29. The molecule has 3 atom stereocenters. The van der Waals surface area contributed by atoms with Crippen LogP contribution in [0.3, 0.4) is 0 Å². The molecule has 18 heavy (non-hydrogen) atoms. The maximum absolute atomic E-state index is 11.4. The predicted octanol–water partition coefficient (Wildman–Crippen LogP) is 2.13. The Labute approximate surface area is 109 Å². The van der Waals surface area contributed by atoms with Gasteiger partial charge in [-0.15, -0.1) is 0 Å². The fourth-order valence-electron chi connectivity index (χ4n) is 3.39. The van der Waals surface area contributed by atoms with E-state index in [9.17, 15) is 9.90 Å². The van der Waals surface area contributed by atoms with Crippen LogP contribution in [0.1, 0.15) is 45.4 Å². The van der Waals surface area contributed by atoms with Crippen LogP contribution in [0.2, 0.25) is 0 Å². The molecule has 0 amide bonds. The van der Waals surface area contributed by atoms with E-state index in [4.69, 9.17) is 4.74 Å². The lowest BCUT2D eigenvalue weighted by Crippen LogP contribution is -2.48. The van der Waals surface area contributed by atoms with Crippen LogP contribution in [0.25, 0.3) is 0 Å². The topological polar surface area (TPSA) is 49.8 Å². The molecule has 2 aliphatic rings. The van der Waals surface area contributed by atoms with E-state index in [1.807, 2.05) is 0 Å². The molecule has 2 rings (SSSR count). The summed E-state index contributed by atoms with van der Waals surface area (Å²) in [6.07, 6.45) is 6.68. The van der Waals surface area contributed by atoms with Crippen LogP contribution in [0.4, 0.5) is 0 Å². The van der Waals surface area contributed by atoms with Crippen molar-refractivity contribution >= 4 is 5.97 Å². The molecule has 3 unspecified atom stereocenters. The fourth-order valence-corrected chi connectivity index (χ4v) is 3.39. The number of carbonyl (C=O) groups is 1. The van der Waals surface area contributed by atoms with Gasteiger partial charge in [0.2, 0.25) is 0 Å². The lowest BCUT2D eigenvalue weighted by atomic mass is 9.83. The Bertz CT molecular complexity index is 276. The first kappa shape index (κ1) is 13.8. The van der Waals surface area contributed by atoms with Crippen molar-refractivity contribution in [1.82, 2.24) is 4.90 Å². The molecule has 0 aromatic carbocycles. The van der Waals surface area contributed by atoms with E-state index < -0.39 is 5.97 Å². The van der Waals surface area contributed by atoms with Crippen LogP contribution in [0, 0.1) is 5.92 Å². The minimum atomic E-state index is -0.620. The van der Waals surface area contributed by atoms with E-state index in [0.29, 0.717) is 6.10 Å². The number of ether oxygens (including phenoxy) is 1. The van der Waals surface area contributed by atoms with Crippen molar-refractivity contribution in [2.45, 2.75) is 57.6 Å². The highest BCUT2D eigenvalue weighted by molar-refractivity contribution is 5.71. The van der Waals surface area contributed by atoms with Crippen LogP contribution < -0.4 is 0 Å². The third kappa shape index (κ3) is 3.23. The van der Waals surface area contributed by atoms with Gasteiger partial charge in [0, 0.05) is 19.2 Å². The number of hydrogen-bond acceptors (Lipinski definition) is 3. The Kier molecular flexibility index (Phi) is 5.01. The fraction of sp³-hybridized carbons (Fsp3) is 0.929. The van der Waals surface area contributed by atoms with Gasteiger partial charge < -0.3 is 9.84 Å². The SMILES string of the molecule is CCN(CC1CCCO1)C1CCCCC1C(=O)O. The minimum Gasteiger partial charge on any atom is -0.481 e. The van der Waals surface area contributed by atoms with E-state index in [2.05, 4.69) is 11.8 Å². The molecule has 1 saturated heterocycles. The zero-order valence-electron chi connectivity index (χ0n) is 11.3. The highest BCUT2D eigenvalue weighted by atomic mass is 16.5. The van der Waals surface area contributed by atoms with Gasteiger partial charge in [-0.2, -0.15) is 0 Å². The van der Waals surface area contributed by atoms with Gasteiger partial charge in [-0.25, -0.2) is 0 Å². The Hall–Kier alpha value is -0.610. The van der Waals surface area contributed by atoms with Crippen molar-refractivity contribution in [1.29, 1.82) is 0 Å². The van der Waals surface area contributed by atoms with E-state index in [1.165, 1.54) is 0 Å². The summed E-state index contributed by atoms with van der Waals surface area (Å²) in [7, 11) is 0. The van der Waals surface area contributed by atoms with Gasteiger partial charge in [-0.3, -0.25) is 9.69 Å². The zero-order valence-corrected chi connectivity index (χ0v) is 11.3. The van der Waals surface area contributed by atoms with Crippen molar-refractivity contribution in [3.63, 3.8) is 0 Å². The van der Waals surface area contributed by atoms with Crippen LogP contribution in [-0.2, 0) is 9.53 Å². The summed E-state index contributed by atoms with van der Waals surface area (Å²) in [5.74, 6) is -0.800. The van der Waals surface area contributed by atoms with Crippen molar-refractivity contribution < 1.29 is 14.6 Å². The Morgan fingerprint density at radius 1 is 1.28 bits per heavy atom. The largest absolute Gasteiger partial charge is 0.481 e. The molecule has 0 aromatic rings. The second-order valence-corrected chi connectivity index (χ2v) is 5.52. The molecule has 0 radical (unpaired) electrons. The monoisotopic (exact) mass is 255 g/mol. The predicted molar refractivity (Wildman–Crippen MR) is 69.6 cm³/mol. The maximum Gasteiger partial charge on any atom is 0.308 e. The third-order valence-electron chi connectivity index (χ3n) is 4.38. The van der Waals surface area contributed by atoms with Crippen LogP contribution >= 0.6 is 0 Å². The number of aliphatic carboxylic acids is 1. The molecule has 0 aromatic heterocycles. The van der Waals surface area contributed by atoms with E-state index in [0.717, 1.165) is 58.2 Å². The van der Waals surface area contributed by atoms with Crippen LogP contribution in [0.15, 0.2) is 0 Å². The van der Waals surface area contributed by atoms with Crippen molar-refractivity contribution in [3.8, 4) is 0 Å². The molecule has 1 heterocycles. The molecule has 1 N–H and O–H groups in total. The third-order valence-corrected chi connectivity index (χ3v) is 4.38. The van der Waals surface area contributed by atoms with E-state index >= 15 is 0 Å². The van der Waals surface area contributed by atoms with E-state index in [-0.39, 0.29) is 12.0 Å². The van der Waals surface area contributed by atoms with Gasteiger partial charge in [0.25, 0.3) is 0 Å². The summed E-state index contributed by atoms with van der Waals surface area (Å²) < 4.78 is 5.68. The second kappa shape index (κ2) is 6.53. The Morgan fingerprint density at radius 3 is 2.67 bits per heavy atom. The Balaban J connectivity index is 1.97.